The smallest absolute Gasteiger partial charge is 0.255 e. The van der Waals surface area contributed by atoms with Gasteiger partial charge in [-0.2, -0.15) is 0 Å². The standard InChI is InChI=1S/C22H21N3O3/c26-18-10-17(11-19(27)12-18)24-22(28)21-3-1-2-16-14-25(9-6-20(16)21)13-15-4-7-23-8-5-15/h1-5,7-8,10-12,26-27H,6,9,13-14H2,(H,24,28). The number of rotatable bonds is 4. The second kappa shape index (κ2) is 7.70. The van der Waals surface area contributed by atoms with Crippen molar-refractivity contribution in [1.82, 2.24) is 9.88 Å². The molecule has 4 rings (SSSR count). The molecule has 1 aromatic heterocycles. The lowest BCUT2D eigenvalue weighted by molar-refractivity contribution is 0.102. The monoisotopic (exact) mass is 375 g/mol. The molecule has 2 heterocycles. The lowest BCUT2D eigenvalue weighted by Gasteiger charge is -2.30. The highest BCUT2D eigenvalue weighted by Gasteiger charge is 2.21. The highest BCUT2D eigenvalue weighted by molar-refractivity contribution is 6.05. The largest absolute Gasteiger partial charge is 0.508 e. The number of anilines is 1. The Labute approximate surface area is 163 Å². The van der Waals surface area contributed by atoms with Gasteiger partial charge < -0.3 is 15.5 Å². The van der Waals surface area contributed by atoms with Crippen molar-refractivity contribution in [2.24, 2.45) is 0 Å². The SMILES string of the molecule is O=C(Nc1cc(O)cc(O)c1)c1cccc2c1CCN(Cc1ccncc1)C2. The number of aromatic hydroxyl groups is 2. The number of hydrogen-bond donors (Lipinski definition) is 3. The lowest BCUT2D eigenvalue weighted by atomic mass is 9.93. The van der Waals surface area contributed by atoms with Crippen LogP contribution >= 0.6 is 0 Å². The predicted octanol–water partition coefficient (Wildman–Crippen LogP) is 3.30. The molecule has 1 aliphatic heterocycles. The Bertz CT molecular complexity index is 985. The molecule has 3 N–H and O–H groups in total. The van der Waals surface area contributed by atoms with Gasteiger partial charge in [0.2, 0.25) is 0 Å². The molecule has 0 aliphatic carbocycles. The van der Waals surface area contributed by atoms with Crippen LogP contribution in [0, 0.1) is 0 Å². The van der Waals surface area contributed by atoms with E-state index >= 15 is 0 Å². The molecule has 1 amide bonds. The van der Waals surface area contributed by atoms with E-state index in [1.807, 2.05) is 24.3 Å². The van der Waals surface area contributed by atoms with Crippen LogP contribution in [0.2, 0.25) is 0 Å². The molecule has 28 heavy (non-hydrogen) atoms. The number of benzene rings is 2. The van der Waals surface area contributed by atoms with E-state index in [-0.39, 0.29) is 17.4 Å². The van der Waals surface area contributed by atoms with E-state index in [9.17, 15) is 15.0 Å². The number of aromatic nitrogens is 1. The Morgan fingerprint density at radius 1 is 1.07 bits per heavy atom. The molecule has 6 nitrogen and oxygen atoms in total. The van der Waals surface area contributed by atoms with Crippen molar-refractivity contribution in [1.29, 1.82) is 0 Å². The Balaban J connectivity index is 1.51. The summed E-state index contributed by atoms with van der Waals surface area (Å²) in [5.74, 6) is -0.446. The average molecular weight is 375 g/mol. The Kier molecular flexibility index (Phi) is 4.95. The van der Waals surface area contributed by atoms with Crippen molar-refractivity contribution >= 4 is 11.6 Å². The Morgan fingerprint density at radius 2 is 1.82 bits per heavy atom. The summed E-state index contributed by atoms with van der Waals surface area (Å²) in [6.07, 6.45) is 4.39. The summed E-state index contributed by atoms with van der Waals surface area (Å²) in [6, 6.07) is 13.8. The predicted molar refractivity (Wildman–Crippen MR) is 106 cm³/mol. The maximum Gasteiger partial charge on any atom is 0.255 e. The van der Waals surface area contributed by atoms with Crippen molar-refractivity contribution in [3.05, 3.63) is 83.2 Å². The summed E-state index contributed by atoms with van der Waals surface area (Å²) in [5.41, 5.74) is 4.40. The van der Waals surface area contributed by atoms with Gasteiger partial charge in [-0.3, -0.25) is 14.7 Å². The molecule has 0 atom stereocenters. The number of nitrogens with one attached hydrogen (secondary N) is 1. The Hall–Kier alpha value is -3.38. The van der Waals surface area contributed by atoms with Crippen LogP contribution in [0.4, 0.5) is 5.69 Å². The number of nitrogens with zero attached hydrogens (tertiary/aromatic N) is 2. The third-order valence-corrected chi connectivity index (χ3v) is 4.91. The topological polar surface area (TPSA) is 85.7 Å². The zero-order valence-corrected chi connectivity index (χ0v) is 15.3. The van der Waals surface area contributed by atoms with Gasteiger partial charge in [-0.15, -0.1) is 0 Å². The van der Waals surface area contributed by atoms with E-state index in [0.717, 1.165) is 37.2 Å². The third-order valence-electron chi connectivity index (χ3n) is 4.91. The molecule has 6 heteroatoms. The zero-order chi connectivity index (χ0) is 19.5. The number of fused-ring (bicyclic) bond motifs is 1. The van der Waals surface area contributed by atoms with Crippen molar-refractivity contribution < 1.29 is 15.0 Å². The molecule has 142 valence electrons. The first-order chi connectivity index (χ1) is 13.6. The van der Waals surface area contributed by atoms with E-state index in [0.29, 0.717) is 11.3 Å². The number of phenols is 2. The van der Waals surface area contributed by atoms with E-state index in [1.54, 1.807) is 12.4 Å². The molecule has 3 aromatic rings. The van der Waals surface area contributed by atoms with Crippen LogP contribution in [-0.4, -0.2) is 32.5 Å². The van der Waals surface area contributed by atoms with Gasteiger partial charge >= 0.3 is 0 Å². The highest BCUT2D eigenvalue weighted by Crippen LogP contribution is 2.27. The van der Waals surface area contributed by atoms with Gasteiger partial charge in [0.1, 0.15) is 11.5 Å². The zero-order valence-electron chi connectivity index (χ0n) is 15.3. The minimum absolute atomic E-state index is 0.0999. The first-order valence-electron chi connectivity index (χ1n) is 9.15. The van der Waals surface area contributed by atoms with Crippen LogP contribution in [0.25, 0.3) is 0 Å². The molecule has 0 unspecified atom stereocenters. The number of amides is 1. The molecule has 0 saturated carbocycles. The summed E-state index contributed by atoms with van der Waals surface area (Å²) in [5, 5.41) is 22.0. The molecule has 0 spiro atoms. The minimum atomic E-state index is -0.246. The quantitative estimate of drug-likeness (QED) is 0.651. The molecular weight excluding hydrogens is 354 g/mol. The maximum absolute atomic E-state index is 12.8. The summed E-state index contributed by atoms with van der Waals surface area (Å²) in [6.45, 7) is 2.50. The molecule has 0 bridgehead atoms. The molecule has 0 radical (unpaired) electrons. The first kappa shape index (κ1) is 18.0. The second-order valence-corrected chi connectivity index (χ2v) is 6.95. The van der Waals surface area contributed by atoms with Crippen LogP contribution in [0.5, 0.6) is 11.5 Å². The number of carbonyl (C=O) groups excluding carboxylic acids is 1. The molecule has 0 saturated heterocycles. The molecule has 0 fully saturated rings. The second-order valence-electron chi connectivity index (χ2n) is 6.95. The van der Waals surface area contributed by atoms with E-state index in [1.165, 1.54) is 23.8 Å². The minimum Gasteiger partial charge on any atom is -0.508 e. The van der Waals surface area contributed by atoms with Gasteiger partial charge in [0, 0.05) is 61.5 Å². The van der Waals surface area contributed by atoms with Crippen molar-refractivity contribution in [3.8, 4) is 11.5 Å². The fourth-order valence-corrected chi connectivity index (χ4v) is 3.63. The van der Waals surface area contributed by atoms with Gasteiger partial charge in [-0.25, -0.2) is 0 Å². The number of pyridine rings is 1. The summed E-state index contributed by atoms with van der Waals surface area (Å²) in [4.78, 5) is 19.2. The molecular formula is C22H21N3O3. The van der Waals surface area contributed by atoms with Crippen LogP contribution in [0.15, 0.2) is 60.9 Å². The summed E-state index contributed by atoms with van der Waals surface area (Å²) < 4.78 is 0. The highest BCUT2D eigenvalue weighted by atomic mass is 16.3. The average Bonchev–Trinajstić information content (AvgIpc) is 2.67. The van der Waals surface area contributed by atoms with Gasteiger partial charge in [0.15, 0.2) is 0 Å². The van der Waals surface area contributed by atoms with Crippen LogP contribution in [-0.2, 0) is 19.5 Å². The first-order valence-corrected chi connectivity index (χ1v) is 9.15. The fourth-order valence-electron chi connectivity index (χ4n) is 3.63. The number of hydrogen-bond acceptors (Lipinski definition) is 5. The van der Waals surface area contributed by atoms with E-state index < -0.39 is 0 Å². The van der Waals surface area contributed by atoms with Gasteiger partial charge in [0.05, 0.1) is 0 Å². The van der Waals surface area contributed by atoms with E-state index in [4.69, 9.17) is 0 Å². The van der Waals surface area contributed by atoms with E-state index in [2.05, 4.69) is 21.3 Å². The van der Waals surface area contributed by atoms with Crippen molar-refractivity contribution in [3.63, 3.8) is 0 Å². The fraction of sp³-hybridized carbons (Fsp3) is 0.182. The maximum atomic E-state index is 12.8. The van der Waals surface area contributed by atoms with Crippen molar-refractivity contribution in [2.75, 3.05) is 11.9 Å². The third kappa shape index (κ3) is 3.97. The normalized spacial score (nSPS) is 13.7. The van der Waals surface area contributed by atoms with Gasteiger partial charge in [-0.05, 0) is 41.3 Å². The van der Waals surface area contributed by atoms with Gasteiger partial charge in [0.25, 0.3) is 5.91 Å². The number of carbonyl (C=O) groups is 1. The summed E-state index contributed by atoms with van der Waals surface area (Å²) in [7, 11) is 0. The van der Waals surface area contributed by atoms with Crippen LogP contribution < -0.4 is 5.32 Å². The molecule has 1 aliphatic rings. The van der Waals surface area contributed by atoms with Gasteiger partial charge in [-0.1, -0.05) is 12.1 Å². The lowest BCUT2D eigenvalue weighted by Crippen LogP contribution is -2.31. The van der Waals surface area contributed by atoms with Crippen molar-refractivity contribution in [2.45, 2.75) is 19.5 Å². The van der Waals surface area contributed by atoms with Crippen LogP contribution in [0.1, 0.15) is 27.0 Å². The summed E-state index contributed by atoms with van der Waals surface area (Å²) >= 11 is 0. The Morgan fingerprint density at radius 3 is 2.57 bits per heavy atom. The van der Waals surface area contributed by atoms with Crippen LogP contribution in [0.3, 0.4) is 0 Å². The number of phenolic OH excluding ortho intramolecular Hbond substituents is 2. The molecule has 2 aromatic carbocycles.